The zero-order chi connectivity index (χ0) is 12.7. The second-order valence-electron chi connectivity index (χ2n) is 5.76. The molecule has 4 rings (SSSR count). The number of benzene rings is 1. The Balaban J connectivity index is 1.52. The molecule has 100 valence electrons. The minimum atomic E-state index is 0.362. The first-order chi connectivity index (χ1) is 9.36. The van der Waals surface area contributed by atoms with E-state index >= 15 is 0 Å². The quantitative estimate of drug-likeness (QED) is 0.918. The van der Waals surface area contributed by atoms with Gasteiger partial charge in [-0.15, -0.1) is 0 Å². The summed E-state index contributed by atoms with van der Waals surface area (Å²) in [5.74, 6) is 0. The summed E-state index contributed by atoms with van der Waals surface area (Å²) in [5.41, 5.74) is 2.15. The summed E-state index contributed by atoms with van der Waals surface area (Å²) in [6, 6.07) is 8.58. The lowest BCUT2D eigenvalue weighted by atomic mass is 9.94. The minimum absolute atomic E-state index is 0.362. The third-order valence-electron chi connectivity index (χ3n) is 4.67. The predicted molar refractivity (Wildman–Crippen MR) is 75.3 cm³/mol. The first kappa shape index (κ1) is 11.3. The van der Waals surface area contributed by atoms with Gasteiger partial charge in [0.2, 0.25) is 0 Å². The predicted octanol–water partition coefficient (Wildman–Crippen LogP) is 2.87. The van der Waals surface area contributed by atoms with Crippen LogP contribution in [0.2, 0.25) is 0 Å². The molecule has 3 heterocycles. The van der Waals surface area contributed by atoms with Gasteiger partial charge in [0.15, 0.2) is 5.58 Å². The van der Waals surface area contributed by atoms with Gasteiger partial charge in [-0.2, -0.15) is 4.98 Å². The molecular weight excluding hydrogens is 238 g/mol. The van der Waals surface area contributed by atoms with E-state index in [0.29, 0.717) is 11.6 Å². The summed E-state index contributed by atoms with van der Waals surface area (Å²) < 4.78 is 5.73. The molecule has 0 amide bonds. The number of hydrogen-bond acceptors (Lipinski definition) is 4. The number of nitrogens with one attached hydrogen (secondary N) is 1. The van der Waals surface area contributed by atoms with Gasteiger partial charge in [-0.05, 0) is 50.9 Å². The minimum Gasteiger partial charge on any atom is -0.424 e. The van der Waals surface area contributed by atoms with Gasteiger partial charge in [0, 0.05) is 12.1 Å². The summed E-state index contributed by atoms with van der Waals surface area (Å²) >= 11 is 0. The molecule has 2 saturated heterocycles. The van der Waals surface area contributed by atoms with E-state index in [1.165, 1.54) is 38.8 Å². The zero-order valence-electron chi connectivity index (χ0n) is 11.1. The van der Waals surface area contributed by atoms with Crippen molar-refractivity contribution in [2.75, 3.05) is 25.0 Å². The zero-order valence-corrected chi connectivity index (χ0v) is 11.1. The fourth-order valence-electron chi connectivity index (χ4n) is 3.70. The van der Waals surface area contributed by atoms with Gasteiger partial charge in [0.1, 0.15) is 5.52 Å². The number of para-hydroxylation sites is 2. The van der Waals surface area contributed by atoms with Crippen LogP contribution in [0.3, 0.4) is 0 Å². The van der Waals surface area contributed by atoms with Crippen LogP contribution in [0.1, 0.15) is 25.7 Å². The van der Waals surface area contributed by atoms with E-state index in [4.69, 9.17) is 4.42 Å². The molecule has 1 aromatic heterocycles. The van der Waals surface area contributed by atoms with E-state index < -0.39 is 0 Å². The molecule has 4 heteroatoms. The lowest BCUT2D eigenvalue weighted by Crippen LogP contribution is -2.44. The van der Waals surface area contributed by atoms with Crippen molar-refractivity contribution in [3.05, 3.63) is 24.3 Å². The number of hydrogen-bond donors (Lipinski definition) is 1. The molecule has 0 atom stereocenters. The van der Waals surface area contributed by atoms with E-state index in [1.54, 1.807) is 0 Å². The Morgan fingerprint density at radius 2 is 2.00 bits per heavy atom. The van der Waals surface area contributed by atoms with Gasteiger partial charge < -0.3 is 9.73 Å². The van der Waals surface area contributed by atoms with Crippen molar-refractivity contribution in [3.63, 3.8) is 0 Å². The Bertz CT molecular complexity index is 549. The molecule has 2 aliphatic rings. The van der Waals surface area contributed by atoms with Crippen LogP contribution < -0.4 is 5.32 Å². The normalized spacial score (nSPS) is 21.9. The van der Waals surface area contributed by atoms with Crippen LogP contribution in [0.4, 0.5) is 6.01 Å². The van der Waals surface area contributed by atoms with Crippen LogP contribution in [0.25, 0.3) is 11.1 Å². The van der Waals surface area contributed by atoms with E-state index in [-0.39, 0.29) is 0 Å². The first-order valence-corrected chi connectivity index (χ1v) is 7.20. The van der Waals surface area contributed by atoms with Crippen LogP contribution in [0.5, 0.6) is 0 Å². The molecule has 2 aliphatic heterocycles. The summed E-state index contributed by atoms with van der Waals surface area (Å²) in [7, 11) is 0. The van der Waals surface area contributed by atoms with E-state index in [2.05, 4.69) is 15.2 Å². The molecule has 0 unspecified atom stereocenters. The monoisotopic (exact) mass is 257 g/mol. The van der Waals surface area contributed by atoms with Crippen molar-refractivity contribution in [3.8, 4) is 0 Å². The SMILES string of the molecule is c1ccc2oc(NCC34CCCN3CCC4)nc2c1. The molecular formula is C15H19N3O. The summed E-state index contributed by atoms with van der Waals surface area (Å²) in [6.45, 7) is 3.48. The van der Waals surface area contributed by atoms with Gasteiger partial charge >= 0.3 is 0 Å². The highest BCUT2D eigenvalue weighted by molar-refractivity contribution is 5.74. The number of fused-ring (bicyclic) bond motifs is 2. The smallest absolute Gasteiger partial charge is 0.295 e. The Hall–Kier alpha value is -1.55. The van der Waals surface area contributed by atoms with Crippen molar-refractivity contribution >= 4 is 17.1 Å². The van der Waals surface area contributed by atoms with Crippen molar-refractivity contribution in [1.82, 2.24) is 9.88 Å². The lowest BCUT2D eigenvalue weighted by Gasteiger charge is -2.31. The molecule has 4 nitrogen and oxygen atoms in total. The second-order valence-corrected chi connectivity index (χ2v) is 5.76. The maximum Gasteiger partial charge on any atom is 0.295 e. The highest BCUT2D eigenvalue weighted by Gasteiger charge is 2.43. The molecule has 19 heavy (non-hydrogen) atoms. The van der Waals surface area contributed by atoms with Crippen LogP contribution in [-0.2, 0) is 0 Å². The number of rotatable bonds is 3. The maximum atomic E-state index is 5.73. The van der Waals surface area contributed by atoms with Gasteiger partial charge in [-0.1, -0.05) is 12.1 Å². The summed E-state index contributed by atoms with van der Waals surface area (Å²) in [4.78, 5) is 7.13. The Kier molecular flexibility index (Phi) is 2.52. The number of aromatic nitrogens is 1. The first-order valence-electron chi connectivity index (χ1n) is 7.20. The molecule has 1 aromatic carbocycles. The van der Waals surface area contributed by atoms with E-state index in [9.17, 15) is 0 Å². The summed E-state index contributed by atoms with van der Waals surface area (Å²) in [6.07, 6.45) is 5.27. The molecule has 0 radical (unpaired) electrons. The average Bonchev–Trinajstić information content (AvgIpc) is 3.09. The topological polar surface area (TPSA) is 41.3 Å². The van der Waals surface area contributed by atoms with Crippen molar-refractivity contribution in [1.29, 1.82) is 0 Å². The fraction of sp³-hybridized carbons (Fsp3) is 0.533. The average molecular weight is 257 g/mol. The maximum absolute atomic E-state index is 5.73. The highest BCUT2D eigenvalue weighted by atomic mass is 16.4. The largest absolute Gasteiger partial charge is 0.424 e. The Morgan fingerprint density at radius 1 is 1.21 bits per heavy atom. The molecule has 1 N–H and O–H groups in total. The van der Waals surface area contributed by atoms with Crippen LogP contribution in [0, 0.1) is 0 Å². The molecule has 0 aliphatic carbocycles. The van der Waals surface area contributed by atoms with Gasteiger partial charge in [-0.25, -0.2) is 0 Å². The van der Waals surface area contributed by atoms with Gasteiger partial charge in [-0.3, -0.25) is 4.90 Å². The van der Waals surface area contributed by atoms with Crippen molar-refractivity contribution in [2.45, 2.75) is 31.2 Å². The molecule has 0 bridgehead atoms. The molecule has 0 spiro atoms. The molecule has 2 aromatic rings. The number of anilines is 1. The number of nitrogens with zero attached hydrogens (tertiary/aromatic N) is 2. The van der Waals surface area contributed by atoms with Gasteiger partial charge in [0.25, 0.3) is 6.01 Å². The lowest BCUT2D eigenvalue weighted by molar-refractivity contribution is 0.208. The van der Waals surface area contributed by atoms with Gasteiger partial charge in [0.05, 0.1) is 0 Å². The number of oxazole rings is 1. The second kappa shape index (κ2) is 4.23. The summed E-state index contributed by atoms with van der Waals surface area (Å²) in [5, 5.41) is 3.42. The van der Waals surface area contributed by atoms with Crippen LogP contribution >= 0.6 is 0 Å². The fourth-order valence-corrected chi connectivity index (χ4v) is 3.70. The van der Waals surface area contributed by atoms with Crippen molar-refractivity contribution < 1.29 is 4.42 Å². The van der Waals surface area contributed by atoms with Crippen LogP contribution in [0.15, 0.2) is 28.7 Å². The molecule has 2 fully saturated rings. The van der Waals surface area contributed by atoms with E-state index in [0.717, 1.165) is 17.6 Å². The van der Waals surface area contributed by atoms with Crippen LogP contribution in [-0.4, -0.2) is 35.1 Å². The third kappa shape index (κ3) is 1.82. The standard InChI is InChI=1S/C15H19N3O/c1-2-6-13-12(5-1)17-14(19-13)16-11-15-7-3-9-18(15)10-4-8-15/h1-2,5-6H,3-4,7-11H2,(H,16,17). The third-order valence-corrected chi connectivity index (χ3v) is 4.67. The highest BCUT2D eigenvalue weighted by Crippen LogP contribution is 2.38. The Morgan fingerprint density at radius 3 is 2.79 bits per heavy atom. The van der Waals surface area contributed by atoms with Crippen molar-refractivity contribution in [2.24, 2.45) is 0 Å². The Labute approximate surface area is 112 Å². The van der Waals surface area contributed by atoms with E-state index in [1.807, 2.05) is 24.3 Å². The molecule has 0 saturated carbocycles.